The van der Waals surface area contributed by atoms with Gasteiger partial charge in [0.15, 0.2) is 11.6 Å². The average molecular weight is 342 g/mol. The highest BCUT2D eigenvalue weighted by Gasteiger charge is 2.37. The molecule has 0 atom stereocenters. The Hall–Kier alpha value is -3.42. The van der Waals surface area contributed by atoms with Crippen LogP contribution in [0.3, 0.4) is 0 Å². The van der Waals surface area contributed by atoms with E-state index in [1.165, 1.54) is 62.4 Å². The summed E-state index contributed by atoms with van der Waals surface area (Å²) in [6, 6.07) is 9.96. The maximum atomic E-state index is 12.6. The number of carbonyl (C=O) groups excluding carboxylic acids is 2. The quantitative estimate of drug-likeness (QED) is 0.342. The van der Waals surface area contributed by atoms with Crippen LogP contribution < -0.4 is 0 Å². The van der Waals surface area contributed by atoms with E-state index in [0.717, 1.165) is 0 Å². The van der Waals surface area contributed by atoms with Gasteiger partial charge in [-0.3, -0.25) is 29.8 Å². The van der Waals surface area contributed by atoms with Crippen molar-refractivity contribution in [1.82, 2.24) is 0 Å². The van der Waals surface area contributed by atoms with Gasteiger partial charge in [0.05, 0.1) is 15.3 Å². The zero-order valence-corrected chi connectivity index (χ0v) is 13.5. The van der Waals surface area contributed by atoms with Gasteiger partial charge in [0.1, 0.15) is 0 Å². The minimum Gasteiger partial charge on any atom is -0.293 e. The molecule has 0 saturated carbocycles. The number of hydrogen-bond donors (Lipinski definition) is 0. The molecule has 0 unspecified atom stereocenters. The number of nitro benzene ring substituents is 2. The number of Topliss-reactive ketones (excluding diaryl/α,β-unsaturated/α-hetero) is 2. The van der Waals surface area contributed by atoms with Crippen molar-refractivity contribution in [3.05, 3.63) is 79.9 Å². The van der Waals surface area contributed by atoms with Crippen molar-refractivity contribution in [1.29, 1.82) is 0 Å². The summed E-state index contributed by atoms with van der Waals surface area (Å²) in [5.41, 5.74) is -1.39. The maximum absolute atomic E-state index is 12.6. The first-order chi connectivity index (χ1) is 11.6. The Kier molecular flexibility index (Phi) is 4.73. The minimum atomic E-state index is -1.42. The molecule has 128 valence electrons. The van der Waals surface area contributed by atoms with E-state index in [-0.39, 0.29) is 22.5 Å². The summed E-state index contributed by atoms with van der Waals surface area (Å²) in [6.07, 6.45) is 0. The molecule has 0 amide bonds. The van der Waals surface area contributed by atoms with Crippen molar-refractivity contribution in [2.75, 3.05) is 0 Å². The molecule has 0 aliphatic carbocycles. The Labute approximate surface area is 142 Å². The van der Waals surface area contributed by atoms with Gasteiger partial charge >= 0.3 is 0 Å². The van der Waals surface area contributed by atoms with E-state index in [9.17, 15) is 29.8 Å². The number of ketones is 2. The van der Waals surface area contributed by atoms with E-state index in [2.05, 4.69) is 0 Å². The number of non-ortho nitro benzene ring substituents is 2. The third-order valence-corrected chi connectivity index (χ3v) is 3.82. The highest BCUT2D eigenvalue weighted by Crippen LogP contribution is 2.28. The lowest BCUT2D eigenvalue weighted by atomic mass is 9.78. The molecule has 0 bridgehead atoms. The molecule has 8 nitrogen and oxygen atoms in total. The van der Waals surface area contributed by atoms with E-state index in [4.69, 9.17) is 0 Å². The zero-order chi connectivity index (χ0) is 18.8. The molecule has 8 heteroatoms. The number of hydrogen-bond acceptors (Lipinski definition) is 6. The summed E-state index contributed by atoms with van der Waals surface area (Å²) in [5.74, 6) is -0.989. The Morgan fingerprint density at radius 2 is 1.00 bits per heavy atom. The first-order valence-corrected chi connectivity index (χ1v) is 7.23. The minimum absolute atomic E-state index is 0.156. The molecule has 0 saturated heterocycles. The van der Waals surface area contributed by atoms with Gasteiger partial charge in [-0.15, -0.1) is 0 Å². The Balaban J connectivity index is 2.29. The third kappa shape index (κ3) is 3.57. The second-order valence-electron chi connectivity index (χ2n) is 5.89. The Morgan fingerprint density at radius 3 is 1.24 bits per heavy atom. The second kappa shape index (κ2) is 6.60. The fourth-order valence-electron chi connectivity index (χ4n) is 2.29. The lowest BCUT2D eigenvalue weighted by molar-refractivity contribution is -0.385. The fraction of sp³-hybridized carbons (Fsp3) is 0.176. The van der Waals surface area contributed by atoms with Crippen molar-refractivity contribution >= 4 is 22.9 Å². The molecular formula is C17H14N2O6. The highest BCUT2D eigenvalue weighted by atomic mass is 16.6. The van der Waals surface area contributed by atoms with Crippen LogP contribution >= 0.6 is 0 Å². The smallest absolute Gasteiger partial charge is 0.269 e. The number of nitro groups is 2. The van der Waals surface area contributed by atoms with Gasteiger partial charge in [-0.05, 0) is 38.1 Å². The van der Waals surface area contributed by atoms with Crippen LogP contribution in [0.15, 0.2) is 48.5 Å². The summed E-state index contributed by atoms with van der Waals surface area (Å²) >= 11 is 0. The maximum Gasteiger partial charge on any atom is 0.269 e. The van der Waals surface area contributed by atoms with Gasteiger partial charge in [-0.1, -0.05) is 0 Å². The number of benzene rings is 2. The Morgan fingerprint density at radius 1 is 0.720 bits per heavy atom. The van der Waals surface area contributed by atoms with Crippen LogP contribution in [0.1, 0.15) is 34.6 Å². The SMILES string of the molecule is CC(C)(C(=O)c1ccc([N+](=O)[O-])cc1)C(=O)c1ccc([N+](=O)[O-])cc1. The largest absolute Gasteiger partial charge is 0.293 e. The molecule has 0 aliphatic heterocycles. The molecule has 0 N–H and O–H groups in total. The number of nitrogens with zero attached hydrogens (tertiary/aromatic N) is 2. The Bertz CT molecular complexity index is 782. The molecular weight excluding hydrogens is 328 g/mol. The van der Waals surface area contributed by atoms with Crippen LogP contribution in [-0.4, -0.2) is 21.4 Å². The van der Waals surface area contributed by atoms with Crippen molar-refractivity contribution in [2.45, 2.75) is 13.8 Å². The summed E-state index contributed by atoms with van der Waals surface area (Å²) < 4.78 is 0. The van der Waals surface area contributed by atoms with E-state index in [1.54, 1.807) is 0 Å². The fourth-order valence-corrected chi connectivity index (χ4v) is 2.29. The molecule has 0 aliphatic rings. The number of rotatable bonds is 6. The van der Waals surface area contributed by atoms with Gasteiger partial charge < -0.3 is 0 Å². The zero-order valence-electron chi connectivity index (χ0n) is 13.5. The summed E-state index contributed by atoms with van der Waals surface area (Å²) in [7, 11) is 0. The molecule has 0 fully saturated rings. The van der Waals surface area contributed by atoms with E-state index in [1.807, 2.05) is 0 Å². The predicted octanol–water partition coefficient (Wildman–Crippen LogP) is 3.59. The third-order valence-electron chi connectivity index (χ3n) is 3.82. The van der Waals surface area contributed by atoms with Gasteiger partial charge in [-0.2, -0.15) is 0 Å². The van der Waals surface area contributed by atoms with Gasteiger partial charge in [-0.25, -0.2) is 0 Å². The van der Waals surface area contributed by atoms with Crippen molar-refractivity contribution in [2.24, 2.45) is 5.41 Å². The van der Waals surface area contributed by atoms with Crippen molar-refractivity contribution in [3.8, 4) is 0 Å². The van der Waals surface area contributed by atoms with Crippen LogP contribution in [0, 0.1) is 25.6 Å². The normalized spacial score (nSPS) is 11.0. The molecule has 2 aromatic carbocycles. The van der Waals surface area contributed by atoms with E-state index >= 15 is 0 Å². The van der Waals surface area contributed by atoms with Crippen LogP contribution in [0.5, 0.6) is 0 Å². The molecule has 0 aromatic heterocycles. The molecule has 2 aromatic rings. The van der Waals surface area contributed by atoms with Gasteiger partial charge in [0.2, 0.25) is 0 Å². The lowest BCUT2D eigenvalue weighted by Gasteiger charge is -2.21. The summed E-state index contributed by atoms with van der Waals surface area (Å²) in [6.45, 7) is 2.89. The molecule has 25 heavy (non-hydrogen) atoms. The van der Waals surface area contributed by atoms with Crippen LogP contribution in [0.2, 0.25) is 0 Å². The second-order valence-corrected chi connectivity index (χ2v) is 5.89. The van der Waals surface area contributed by atoms with Crippen LogP contribution in [-0.2, 0) is 0 Å². The molecule has 0 spiro atoms. The standard InChI is InChI=1S/C17H14N2O6/c1-17(2,15(20)11-3-7-13(8-4-11)18(22)23)16(21)12-5-9-14(10-6-12)19(24)25/h3-10H,1-2H3. The summed E-state index contributed by atoms with van der Waals surface area (Å²) in [5, 5.41) is 21.3. The highest BCUT2D eigenvalue weighted by molar-refractivity contribution is 6.19. The van der Waals surface area contributed by atoms with Crippen molar-refractivity contribution < 1.29 is 19.4 Å². The first-order valence-electron chi connectivity index (χ1n) is 7.23. The lowest BCUT2D eigenvalue weighted by Crippen LogP contribution is -2.33. The topological polar surface area (TPSA) is 120 Å². The average Bonchev–Trinajstić information content (AvgIpc) is 2.60. The first kappa shape index (κ1) is 17.9. The predicted molar refractivity (Wildman–Crippen MR) is 88.6 cm³/mol. The molecule has 2 rings (SSSR count). The monoisotopic (exact) mass is 342 g/mol. The van der Waals surface area contributed by atoms with Crippen LogP contribution in [0.4, 0.5) is 11.4 Å². The van der Waals surface area contributed by atoms with Crippen molar-refractivity contribution in [3.63, 3.8) is 0 Å². The van der Waals surface area contributed by atoms with E-state index < -0.39 is 26.8 Å². The van der Waals surface area contributed by atoms with Gasteiger partial charge in [0.25, 0.3) is 11.4 Å². The summed E-state index contributed by atoms with van der Waals surface area (Å²) in [4.78, 5) is 45.4. The molecule has 0 radical (unpaired) electrons. The number of carbonyl (C=O) groups is 2. The van der Waals surface area contributed by atoms with Crippen LogP contribution in [0.25, 0.3) is 0 Å². The van der Waals surface area contributed by atoms with E-state index in [0.29, 0.717) is 0 Å². The molecule has 0 heterocycles. The van der Waals surface area contributed by atoms with Gasteiger partial charge in [0, 0.05) is 35.4 Å².